The third-order valence-electron chi connectivity index (χ3n) is 4.06. The zero-order valence-electron chi connectivity index (χ0n) is 16.8. The maximum absolute atomic E-state index is 9.10. The van der Waals surface area contributed by atoms with Crippen molar-refractivity contribution in [3.05, 3.63) is 60.4 Å². The predicted molar refractivity (Wildman–Crippen MR) is 113 cm³/mol. The summed E-state index contributed by atoms with van der Waals surface area (Å²) in [4.78, 5) is 22.6. The van der Waals surface area contributed by atoms with Crippen LogP contribution in [0.3, 0.4) is 0 Å². The Bertz CT molecular complexity index is 1010. The van der Waals surface area contributed by atoms with Gasteiger partial charge in [-0.2, -0.15) is 0 Å². The predicted octanol–water partition coefficient (Wildman–Crippen LogP) is 3.70. The fourth-order valence-corrected chi connectivity index (χ4v) is 2.71. The van der Waals surface area contributed by atoms with Gasteiger partial charge in [-0.25, -0.2) is 14.6 Å². The second-order valence-corrected chi connectivity index (χ2v) is 6.15. The van der Waals surface area contributed by atoms with E-state index in [1.165, 1.54) is 0 Å². The van der Waals surface area contributed by atoms with Crippen LogP contribution in [0, 0.1) is 0 Å². The average Bonchev–Trinajstić information content (AvgIpc) is 3.15. The maximum atomic E-state index is 9.10. The van der Waals surface area contributed by atoms with Gasteiger partial charge in [0.05, 0.1) is 31.1 Å². The number of ether oxygens (including phenoxy) is 2. The second kappa shape index (κ2) is 11.3. The molecule has 0 saturated carbocycles. The average molecular weight is 412 g/mol. The van der Waals surface area contributed by atoms with E-state index in [9.17, 15) is 0 Å². The molecule has 0 amide bonds. The molecule has 3 aromatic rings. The SMILES string of the molecule is CC=Cc1ccc(OCCCn2cnc3ccccc32)c(OC)c1.O=C(O)C(=O)O. The van der Waals surface area contributed by atoms with Gasteiger partial charge in [0.1, 0.15) is 0 Å². The molecular formula is C22H24N2O6. The minimum absolute atomic E-state index is 0.631. The molecule has 3 rings (SSSR count). The van der Waals surface area contributed by atoms with E-state index in [1.54, 1.807) is 7.11 Å². The molecule has 0 aliphatic rings. The lowest BCUT2D eigenvalue weighted by Crippen LogP contribution is -2.09. The number of imidazole rings is 1. The number of para-hydroxylation sites is 2. The molecule has 8 nitrogen and oxygen atoms in total. The van der Waals surface area contributed by atoms with Gasteiger partial charge in [-0.1, -0.05) is 30.4 Å². The summed E-state index contributed by atoms with van der Waals surface area (Å²) in [6.45, 7) is 3.50. The van der Waals surface area contributed by atoms with Crippen molar-refractivity contribution in [3.63, 3.8) is 0 Å². The van der Waals surface area contributed by atoms with Crippen LogP contribution in [0.5, 0.6) is 11.5 Å². The summed E-state index contributed by atoms with van der Waals surface area (Å²) in [6, 6.07) is 14.1. The highest BCUT2D eigenvalue weighted by Gasteiger charge is 2.06. The topological polar surface area (TPSA) is 111 Å². The molecular weight excluding hydrogens is 388 g/mol. The lowest BCUT2D eigenvalue weighted by molar-refractivity contribution is -0.159. The van der Waals surface area contributed by atoms with E-state index < -0.39 is 11.9 Å². The Kier molecular flexibility index (Phi) is 8.43. The first-order valence-corrected chi connectivity index (χ1v) is 9.26. The number of aryl methyl sites for hydroxylation is 1. The number of carboxylic acid groups (broad SMARTS) is 2. The molecule has 8 heteroatoms. The fraction of sp³-hybridized carbons (Fsp3) is 0.227. The molecule has 30 heavy (non-hydrogen) atoms. The van der Waals surface area contributed by atoms with E-state index in [1.807, 2.05) is 61.8 Å². The Labute approximate surface area is 174 Å². The number of carbonyl (C=O) groups is 2. The monoisotopic (exact) mass is 412 g/mol. The molecule has 0 radical (unpaired) electrons. The van der Waals surface area contributed by atoms with Gasteiger partial charge in [0, 0.05) is 6.54 Å². The van der Waals surface area contributed by atoms with Crippen molar-refractivity contribution in [1.29, 1.82) is 0 Å². The highest BCUT2D eigenvalue weighted by Crippen LogP contribution is 2.28. The van der Waals surface area contributed by atoms with Crippen molar-refractivity contribution >= 4 is 29.0 Å². The molecule has 0 bridgehead atoms. The van der Waals surface area contributed by atoms with Crippen LogP contribution >= 0.6 is 0 Å². The highest BCUT2D eigenvalue weighted by atomic mass is 16.5. The fourth-order valence-electron chi connectivity index (χ4n) is 2.71. The van der Waals surface area contributed by atoms with Crippen LogP contribution in [0.4, 0.5) is 0 Å². The molecule has 0 saturated heterocycles. The number of aliphatic carboxylic acids is 2. The normalized spacial score (nSPS) is 10.5. The summed E-state index contributed by atoms with van der Waals surface area (Å²) >= 11 is 0. The number of allylic oxidation sites excluding steroid dienone is 1. The van der Waals surface area contributed by atoms with Crippen molar-refractivity contribution in [2.45, 2.75) is 19.9 Å². The molecule has 0 unspecified atom stereocenters. The smallest absolute Gasteiger partial charge is 0.414 e. The third kappa shape index (κ3) is 6.37. The molecule has 1 heterocycles. The van der Waals surface area contributed by atoms with E-state index >= 15 is 0 Å². The maximum Gasteiger partial charge on any atom is 0.414 e. The molecule has 0 fully saturated rings. The van der Waals surface area contributed by atoms with Crippen molar-refractivity contribution < 1.29 is 29.3 Å². The summed E-state index contributed by atoms with van der Waals surface area (Å²) in [5, 5.41) is 14.8. The van der Waals surface area contributed by atoms with Crippen LogP contribution in [0.15, 0.2) is 54.9 Å². The molecule has 2 N–H and O–H groups in total. The Morgan fingerprint density at radius 3 is 2.50 bits per heavy atom. The highest BCUT2D eigenvalue weighted by molar-refractivity contribution is 6.27. The minimum Gasteiger partial charge on any atom is -0.493 e. The number of hydrogen-bond donors (Lipinski definition) is 2. The first kappa shape index (κ1) is 22.5. The number of aromatic nitrogens is 2. The molecule has 2 aromatic carbocycles. The first-order chi connectivity index (χ1) is 14.5. The number of hydrogen-bond acceptors (Lipinski definition) is 5. The van der Waals surface area contributed by atoms with Crippen LogP contribution < -0.4 is 9.47 Å². The van der Waals surface area contributed by atoms with Gasteiger partial charge in [0.2, 0.25) is 0 Å². The van der Waals surface area contributed by atoms with E-state index in [4.69, 9.17) is 29.3 Å². The number of fused-ring (bicyclic) bond motifs is 1. The molecule has 158 valence electrons. The second-order valence-electron chi connectivity index (χ2n) is 6.15. The van der Waals surface area contributed by atoms with Crippen molar-refractivity contribution in [2.75, 3.05) is 13.7 Å². The molecule has 1 aromatic heterocycles. The Hall–Kier alpha value is -3.81. The Morgan fingerprint density at radius 2 is 1.83 bits per heavy atom. The van der Waals surface area contributed by atoms with Gasteiger partial charge in [0.25, 0.3) is 0 Å². The van der Waals surface area contributed by atoms with Crippen LogP contribution in [-0.4, -0.2) is 45.4 Å². The molecule has 0 atom stereocenters. The summed E-state index contributed by atoms with van der Waals surface area (Å²) in [7, 11) is 1.67. The van der Waals surface area contributed by atoms with Gasteiger partial charge >= 0.3 is 11.9 Å². The van der Waals surface area contributed by atoms with E-state index in [-0.39, 0.29) is 0 Å². The van der Waals surface area contributed by atoms with Gasteiger partial charge < -0.3 is 24.3 Å². The van der Waals surface area contributed by atoms with Crippen molar-refractivity contribution in [2.24, 2.45) is 0 Å². The van der Waals surface area contributed by atoms with Gasteiger partial charge in [0.15, 0.2) is 11.5 Å². The van der Waals surface area contributed by atoms with E-state index in [0.29, 0.717) is 6.61 Å². The van der Waals surface area contributed by atoms with Crippen LogP contribution in [0.1, 0.15) is 18.9 Å². The number of methoxy groups -OCH3 is 1. The van der Waals surface area contributed by atoms with Gasteiger partial charge in [-0.05, 0) is 43.2 Å². The van der Waals surface area contributed by atoms with Crippen LogP contribution in [0.2, 0.25) is 0 Å². The quantitative estimate of drug-likeness (QED) is 0.449. The van der Waals surface area contributed by atoms with Gasteiger partial charge in [-0.3, -0.25) is 0 Å². The van der Waals surface area contributed by atoms with Crippen molar-refractivity contribution in [3.8, 4) is 11.5 Å². The van der Waals surface area contributed by atoms with Crippen LogP contribution in [-0.2, 0) is 16.1 Å². The Morgan fingerprint density at radius 1 is 1.10 bits per heavy atom. The molecule has 0 aliphatic heterocycles. The summed E-state index contributed by atoms with van der Waals surface area (Å²) < 4.78 is 13.5. The number of nitrogens with zero attached hydrogens (tertiary/aromatic N) is 2. The van der Waals surface area contributed by atoms with E-state index in [2.05, 4.69) is 15.6 Å². The van der Waals surface area contributed by atoms with E-state index in [0.717, 1.165) is 41.1 Å². The lowest BCUT2D eigenvalue weighted by atomic mass is 10.2. The Balaban J connectivity index is 0.000000469. The largest absolute Gasteiger partial charge is 0.493 e. The zero-order valence-corrected chi connectivity index (χ0v) is 16.8. The zero-order chi connectivity index (χ0) is 21.9. The lowest BCUT2D eigenvalue weighted by Gasteiger charge is -2.11. The third-order valence-corrected chi connectivity index (χ3v) is 4.06. The summed E-state index contributed by atoms with van der Waals surface area (Å²) in [5.41, 5.74) is 3.29. The number of carboxylic acids is 2. The summed E-state index contributed by atoms with van der Waals surface area (Å²) in [5.74, 6) is -2.11. The summed E-state index contributed by atoms with van der Waals surface area (Å²) in [6.07, 6.45) is 6.83. The van der Waals surface area contributed by atoms with Crippen molar-refractivity contribution in [1.82, 2.24) is 9.55 Å². The minimum atomic E-state index is -1.82. The molecule has 0 aliphatic carbocycles. The number of rotatable bonds is 7. The van der Waals surface area contributed by atoms with Crippen LogP contribution in [0.25, 0.3) is 17.1 Å². The number of benzene rings is 2. The molecule has 0 spiro atoms. The standard InChI is InChI=1S/C20H22N2O2.C2H2O4/c1-3-7-16-10-11-19(20(14-16)23-2)24-13-6-12-22-15-21-17-8-4-5-9-18(17)22;3-1(4)2(5)6/h3-5,7-11,14-15H,6,12-13H2,1-2H3;(H,3,4)(H,5,6). The first-order valence-electron chi connectivity index (χ1n) is 9.26. The van der Waals surface area contributed by atoms with Gasteiger partial charge in [-0.15, -0.1) is 0 Å².